The van der Waals surface area contributed by atoms with E-state index < -0.39 is 11.3 Å². The van der Waals surface area contributed by atoms with Crippen LogP contribution < -0.4 is 18.9 Å². The lowest BCUT2D eigenvalue weighted by atomic mass is 9.79. The second-order valence-electron chi connectivity index (χ2n) is 27.7. The third-order valence-electron chi connectivity index (χ3n) is 21.1. The second kappa shape index (κ2) is 39.8. The molecule has 96 heavy (non-hydrogen) atoms. The van der Waals surface area contributed by atoms with Gasteiger partial charge in [0, 0.05) is 59.6 Å². The van der Waals surface area contributed by atoms with Crippen molar-refractivity contribution < 1.29 is 47.5 Å². The Labute approximate surface area is 577 Å². The van der Waals surface area contributed by atoms with Crippen LogP contribution in [0.1, 0.15) is 227 Å². The predicted octanol–water partition coefficient (Wildman–Crippen LogP) is 16.8. The van der Waals surface area contributed by atoms with Crippen LogP contribution in [0.2, 0.25) is 0 Å². The fraction of sp³-hybridized carbons (Fsp3) is 0.675. The highest BCUT2D eigenvalue weighted by molar-refractivity contribution is 5.91. The fourth-order valence-electron chi connectivity index (χ4n) is 15.9. The maximum Gasteiger partial charge on any atom is 0.325 e. The van der Waals surface area contributed by atoms with Gasteiger partial charge in [-0.2, -0.15) is 0 Å². The normalized spacial score (nSPS) is 20.9. The first-order chi connectivity index (χ1) is 47.5. The van der Waals surface area contributed by atoms with E-state index in [0.717, 1.165) is 85.5 Å². The number of hydrogen-bond acceptors (Lipinski definition) is 12. The van der Waals surface area contributed by atoms with E-state index in [-0.39, 0.29) is 38.2 Å². The SMILES string of the molecule is CCCCCCCCCCCCCCCCN1CCOCCOc2ccc3c4c2CN2C(=O)N5Cc6c(ccc(c6CN6C(=O)N(C4)C2(c2ccccc2)C56c2ccccc2)OCCOCCN(CCCCCCCCCCCCCCCC)CCOCCO3)OCCOCC1. The van der Waals surface area contributed by atoms with Crippen molar-refractivity contribution in [3.8, 4) is 23.0 Å². The van der Waals surface area contributed by atoms with E-state index in [1.54, 1.807) is 0 Å². The van der Waals surface area contributed by atoms with E-state index in [2.05, 4.69) is 47.9 Å². The summed E-state index contributed by atoms with van der Waals surface area (Å²) >= 11 is 0. The molecule has 2 saturated heterocycles. The molecule has 10 rings (SSSR count). The molecule has 530 valence electrons. The lowest BCUT2D eigenvalue weighted by molar-refractivity contribution is -0.0796. The van der Waals surface area contributed by atoms with Gasteiger partial charge in [-0.3, -0.25) is 29.4 Å². The molecule has 8 bridgehead atoms. The monoisotopic (exact) mass is 1320 g/mol. The average Bonchev–Trinajstić information content (AvgIpc) is 1.47. The van der Waals surface area contributed by atoms with Crippen LogP contribution in [0.25, 0.3) is 0 Å². The van der Waals surface area contributed by atoms with Gasteiger partial charge in [-0.15, -0.1) is 0 Å². The molecule has 0 unspecified atom stereocenters. The Morgan fingerprint density at radius 3 is 0.781 bits per heavy atom. The maximum absolute atomic E-state index is 16.6. The Kier molecular flexibility index (Phi) is 30.3. The van der Waals surface area contributed by atoms with Gasteiger partial charge in [0.15, 0.2) is 11.3 Å². The molecule has 0 spiro atoms. The summed E-state index contributed by atoms with van der Waals surface area (Å²) in [5, 5.41) is 0. The van der Waals surface area contributed by atoms with Crippen LogP contribution in [0.3, 0.4) is 0 Å². The molecule has 16 nitrogen and oxygen atoms in total. The van der Waals surface area contributed by atoms with E-state index >= 15 is 9.59 Å². The smallest absolute Gasteiger partial charge is 0.325 e. The van der Waals surface area contributed by atoms with E-state index in [1.807, 2.05) is 80.3 Å². The molecular weight excluding hydrogens is 1200 g/mol. The summed E-state index contributed by atoms with van der Waals surface area (Å²) in [4.78, 5) is 45.8. The lowest BCUT2D eigenvalue weighted by Gasteiger charge is -2.49. The van der Waals surface area contributed by atoms with E-state index in [0.29, 0.717) is 102 Å². The number of hydrogen-bond donors (Lipinski definition) is 0. The number of ether oxygens (including phenoxy) is 8. The number of amides is 4. The van der Waals surface area contributed by atoms with E-state index in [9.17, 15) is 0 Å². The topological polar surface area (TPSA) is 127 Å². The van der Waals surface area contributed by atoms with Crippen molar-refractivity contribution in [1.29, 1.82) is 0 Å². The Morgan fingerprint density at radius 2 is 0.531 bits per heavy atom. The first-order valence-corrected chi connectivity index (χ1v) is 38.4. The third-order valence-corrected chi connectivity index (χ3v) is 21.1. The van der Waals surface area contributed by atoms with Crippen LogP contribution in [-0.4, -0.2) is 160 Å². The van der Waals surface area contributed by atoms with Crippen molar-refractivity contribution in [3.05, 3.63) is 118 Å². The molecular formula is C80H120N6O10. The zero-order valence-corrected chi connectivity index (χ0v) is 59.2. The summed E-state index contributed by atoms with van der Waals surface area (Å²) in [6, 6.07) is 27.7. The van der Waals surface area contributed by atoms with Gasteiger partial charge in [0.1, 0.15) is 49.4 Å². The van der Waals surface area contributed by atoms with E-state index in [4.69, 9.17) is 37.9 Å². The largest absolute Gasteiger partial charge is 0.491 e. The molecule has 6 heterocycles. The van der Waals surface area contributed by atoms with Gasteiger partial charge in [0.05, 0.1) is 79.0 Å². The van der Waals surface area contributed by atoms with Crippen LogP contribution in [-0.2, 0) is 56.5 Å². The molecule has 0 aromatic heterocycles. The van der Waals surface area contributed by atoms with Gasteiger partial charge in [-0.1, -0.05) is 241 Å². The Hall–Kier alpha value is -5.62. The Balaban J connectivity index is 0.895. The molecule has 0 atom stereocenters. The van der Waals surface area contributed by atoms with Crippen LogP contribution in [0.5, 0.6) is 23.0 Å². The summed E-state index contributed by atoms with van der Waals surface area (Å²) in [5.74, 6) is 2.50. The van der Waals surface area contributed by atoms with Crippen molar-refractivity contribution >= 4 is 12.1 Å². The first kappa shape index (κ1) is 73.1. The van der Waals surface area contributed by atoms with E-state index in [1.165, 1.54) is 167 Å². The molecule has 0 radical (unpaired) electrons. The summed E-state index contributed by atoms with van der Waals surface area (Å²) < 4.78 is 53.0. The maximum atomic E-state index is 16.6. The zero-order chi connectivity index (χ0) is 66.3. The molecule has 4 aromatic carbocycles. The molecule has 6 aliphatic heterocycles. The number of nitrogens with zero attached hydrogens (tertiary/aromatic N) is 6. The highest BCUT2D eigenvalue weighted by Crippen LogP contribution is 2.66. The molecule has 0 N–H and O–H groups in total. The molecule has 4 amide bonds. The molecule has 4 aromatic rings. The second-order valence-corrected chi connectivity index (χ2v) is 27.7. The van der Waals surface area contributed by atoms with Crippen LogP contribution in [0.4, 0.5) is 9.59 Å². The minimum atomic E-state index is -1.42. The summed E-state index contributed by atoms with van der Waals surface area (Å²) in [5.41, 5.74) is 1.96. The Bertz CT molecular complexity index is 2600. The Morgan fingerprint density at radius 1 is 0.292 bits per heavy atom. The number of carbonyl (C=O) groups excluding carboxylic acids is 2. The minimum absolute atomic E-state index is 0.121. The van der Waals surface area contributed by atoms with Crippen molar-refractivity contribution in [2.24, 2.45) is 0 Å². The lowest BCUT2D eigenvalue weighted by Crippen LogP contribution is -2.62. The molecule has 2 fully saturated rings. The van der Waals surface area contributed by atoms with Crippen LogP contribution in [0.15, 0.2) is 84.9 Å². The van der Waals surface area contributed by atoms with Gasteiger partial charge in [0.25, 0.3) is 0 Å². The fourth-order valence-corrected chi connectivity index (χ4v) is 15.9. The molecule has 16 heteroatoms. The van der Waals surface area contributed by atoms with Crippen LogP contribution >= 0.6 is 0 Å². The van der Waals surface area contributed by atoms with Crippen LogP contribution in [0, 0.1) is 0 Å². The van der Waals surface area contributed by atoms with Gasteiger partial charge >= 0.3 is 12.1 Å². The van der Waals surface area contributed by atoms with Gasteiger partial charge in [-0.05, 0) is 50.2 Å². The quantitative estimate of drug-likeness (QED) is 0.0432. The van der Waals surface area contributed by atoms with Crippen molar-refractivity contribution in [2.45, 2.75) is 231 Å². The summed E-state index contributed by atoms with van der Waals surface area (Å²) in [6.07, 6.45) is 37.4. The molecule has 6 aliphatic rings. The van der Waals surface area contributed by atoms with Crippen molar-refractivity contribution in [1.82, 2.24) is 29.4 Å². The standard InChI is InChI=1S/C80H120N6O10/c1-3-5-7-9-11-13-15-17-19-21-23-25-27-35-45-81-47-51-89-55-59-93-73-41-43-75-71-65-85-78(88)86-66-72-70(64-84-77(87)83(63-69(71)73)79(85,67-37-31-29-32-38-67)80(84,86)68-39-33-30-34-40-68)74(94-60-56-90-52-48-81)42-44-76(72)96-62-58-92-54-50-82(49-53-91-57-61-95-75)46-36-28-26-24-22-20-18-16-14-12-10-8-6-4-2/h29-34,37-44H,3-28,35-36,45-66H2,1-2H3. The third kappa shape index (κ3) is 18.8. The highest BCUT2D eigenvalue weighted by atomic mass is 16.5. The molecule has 0 aliphatic carbocycles. The highest BCUT2D eigenvalue weighted by Gasteiger charge is 2.81. The van der Waals surface area contributed by atoms with Crippen molar-refractivity contribution in [3.63, 3.8) is 0 Å². The van der Waals surface area contributed by atoms with Gasteiger partial charge < -0.3 is 37.9 Å². The number of rotatable bonds is 32. The number of urea groups is 2. The van der Waals surface area contributed by atoms with Gasteiger partial charge in [0.2, 0.25) is 0 Å². The number of unbranched alkanes of at least 4 members (excludes halogenated alkanes) is 26. The summed E-state index contributed by atoms with van der Waals surface area (Å²) in [7, 11) is 0. The molecule has 0 saturated carbocycles. The predicted molar refractivity (Wildman–Crippen MR) is 381 cm³/mol. The van der Waals surface area contributed by atoms with Gasteiger partial charge in [-0.25, -0.2) is 9.59 Å². The number of carbonyl (C=O) groups is 2. The zero-order valence-electron chi connectivity index (χ0n) is 59.2. The summed E-state index contributed by atoms with van der Waals surface area (Å²) in [6.45, 7) is 15.1. The number of benzene rings is 4. The first-order valence-electron chi connectivity index (χ1n) is 38.4. The minimum Gasteiger partial charge on any atom is -0.491 e. The van der Waals surface area contributed by atoms with Crippen molar-refractivity contribution in [2.75, 3.05) is 119 Å². The average molecular weight is 1330 g/mol.